The molecule has 0 unspecified atom stereocenters. The predicted octanol–water partition coefficient (Wildman–Crippen LogP) is 1.69. The van der Waals surface area contributed by atoms with Gasteiger partial charge in [0.25, 0.3) is 0 Å². The van der Waals surface area contributed by atoms with Crippen molar-refractivity contribution in [2.45, 2.75) is 13.8 Å². The number of ether oxygens (including phenoxy) is 1. The first-order valence-electron chi connectivity index (χ1n) is 4.22. The van der Waals surface area contributed by atoms with Crippen molar-refractivity contribution in [3.63, 3.8) is 0 Å². The van der Waals surface area contributed by atoms with Crippen molar-refractivity contribution in [1.29, 1.82) is 0 Å². The van der Waals surface area contributed by atoms with Crippen molar-refractivity contribution in [1.82, 2.24) is 9.97 Å². The third kappa shape index (κ3) is 3.57. The van der Waals surface area contributed by atoms with Crippen LogP contribution in [0.3, 0.4) is 0 Å². The minimum absolute atomic E-state index is 0.00379. The normalized spacial score (nSPS) is 10.3. The summed E-state index contributed by atoms with van der Waals surface area (Å²) in [5.41, 5.74) is 0. The molecule has 0 fully saturated rings. The van der Waals surface area contributed by atoms with E-state index in [0.29, 0.717) is 5.88 Å². The predicted molar refractivity (Wildman–Crippen MR) is 60.1 cm³/mol. The Hall–Kier alpha value is -0.720. The molecule has 1 heterocycles. The van der Waals surface area contributed by atoms with Gasteiger partial charge in [-0.15, -0.1) is 0 Å². The fourth-order valence-corrected chi connectivity index (χ4v) is 1.10. The van der Waals surface area contributed by atoms with Gasteiger partial charge in [-0.3, -0.25) is 4.79 Å². The third-order valence-electron chi connectivity index (χ3n) is 1.61. The van der Waals surface area contributed by atoms with E-state index in [0.717, 1.165) is 3.70 Å². The van der Waals surface area contributed by atoms with Gasteiger partial charge in [0.2, 0.25) is 5.88 Å². The highest BCUT2D eigenvalue weighted by atomic mass is 127. The summed E-state index contributed by atoms with van der Waals surface area (Å²) in [4.78, 5) is 19.0. The van der Waals surface area contributed by atoms with Crippen LogP contribution in [0.5, 0.6) is 5.88 Å². The second-order valence-electron chi connectivity index (χ2n) is 3.09. The molecule has 4 nitrogen and oxygen atoms in total. The zero-order valence-electron chi connectivity index (χ0n) is 8.03. The first kappa shape index (κ1) is 11.4. The van der Waals surface area contributed by atoms with Gasteiger partial charge in [0.15, 0.2) is 5.78 Å². The van der Waals surface area contributed by atoms with E-state index in [1.807, 2.05) is 13.8 Å². The molecule has 1 aromatic rings. The summed E-state index contributed by atoms with van der Waals surface area (Å²) in [5.74, 6) is 0.507. The smallest absolute Gasteiger partial charge is 0.217 e. The molecular formula is C9H11IN2O2. The molecule has 0 saturated heterocycles. The number of carbonyl (C=O) groups excluding carboxylic acids is 1. The van der Waals surface area contributed by atoms with E-state index in [-0.39, 0.29) is 18.3 Å². The van der Waals surface area contributed by atoms with E-state index in [2.05, 4.69) is 32.6 Å². The van der Waals surface area contributed by atoms with E-state index in [1.54, 1.807) is 6.07 Å². The molecule has 0 aromatic carbocycles. The molecule has 5 heteroatoms. The zero-order valence-corrected chi connectivity index (χ0v) is 10.2. The Bertz CT molecular complexity index is 328. The number of hydrogen-bond donors (Lipinski definition) is 0. The van der Waals surface area contributed by atoms with Gasteiger partial charge in [0.1, 0.15) is 16.6 Å². The van der Waals surface area contributed by atoms with Crippen LogP contribution in [0, 0.1) is 9.62 Å². The lowest BCUT2D eigenvalue weighted by atomic mass is 10.1. The van der Waals surface area contributed by atoms with Gasteiger partial charge in [-0.25, -0.2) is 9.97 Å². The minimum atomic E-state index is -0.00379. The van der Waals surface area contributed by atoms with E-state index in [1.165, 1.54) is 6.33 Å². The molecule has 0 aliphatic carbocycles. The van der Waals surface area contributed by atoms with E-state index < -0.39 is 0 Å². The van der Waals surface area contributed by atoms with Crippen LogP contribution in [-0.2, 0) is 4.79 Å². The number of Topliss-reactive ketones (excluding diaryl/α,β-unsaturated/α-hetero) is 1. The molecular weight excluding hydrogens is 295 g/mol. The summed E-state index contributed by atoms with van der Waals surface area (Å²) in [7, 11) is 0. The van der Waals surface area contributed by atoms with Crippen LogP contribution in [0.2, 0.25) is 0 Å². The topological polar surface area (TPSA) is 52.1 Å². The molecule has 0 N–H and O–H groups in total. The van der Waals surface area contributed by atoms with Crippen LogP contribution in [0.15, 0.2) is 12.4 Å². The van der Waals surface area contributed by atoms with Crippen LogP contribution >= 0.6 is 22.6 Å². The van der Waals surface area contributed by atoms with Crippen LogP contribution < -0.4 is 4.74 Å². The Morgan fingerprint density at radius 3 is 2.86 bits per heavy atom. The van der Waals surface area contributed by atoms with Crippen LogP contribution in [0.25, 0.3) is 0 Å². The third-order valence-corrected chi connectivity index (χ3v) is 2.20. The fraction of sp³-hybridized carbons (Fsp3) is 0.444. The van der Waals surface area contributed by atoms with Gasteiger partial charge in [0.05, 0.1) is 0 Å². The van der Waals surface area contributed by atoms with Crippen molar-refractivity contribution < 1.29 is 9.53 Å². The number of aromatic nitrogens is 2. The SMILES string of the molecule is CC(C)C(=O)COc1cc(I)ncn1. The summed E-state index contributed by atoms with van der Waals surface area (Å²) in [6.45, 7) is 3.76. The molecule has 1 rings (SSSR count). The molecule has 0 bridgehead atoms. The highest BCUT2D eigenvalue weighted by Gasteiger charge is 2.08. The number of carbonyl (C=O) groups is 1. The molecule has 0 radical (unpaired) electrons. The maximum absolute atomic E-state index is 11.2. The molecule has 0 atom stereocenters. The van der Waals surface area contributed by atoms with Crippen LogP contribution in [0.4, 0.5) is 0 Å². The first-order valence-corrected chi connectivity index (χ1v) is 5.30. The van der Waals surface area contributed by atoms with Gasteiger partial charge in [-0.1, -0.05) is 13.8 Å². The largest absolute Gasteiger partial charge is 0.470 e. The number of nitrogens with zero attached hydrogens (tertiary/aromatic N) is 2. The molecule has 0 saturated carbocycles. The fourth-order valence-electron chi connectivity index (χ4n) is 0.708. The molecule has 1 aromatic heterocycles. The van der Waals surface area contributed by atoms with Gasteiger partial charge >= 0.3 is 0 Å². The van der Waals surface area contributed by atoms with Crippen LogP contribution in [0.1, 0.15) is 13.8 Å². The average molecular weight is 306 g/mol. The highest BCUT2D eigenvalue weighted by Crippen LogP contribution is 2.08. The summed E-state index contributed by atoms with van der Waals surface area (Å²) in [5, 5.41) is 0. The standard InChI is InChI=1S/C9H11IN2O2/c1-6(2)7(13)4-14-9-3-8(10)11-5-12-9/h3,5-6H,4H2,1-2H3. The van der Waals surface area contributed by atoms with Crippen molar-refractivity contribution in [2.75, 3.05) is 6.61 Å². The number of hydrogen-bond acceptors (Lipinski definition) is 4. The maximum Gasteiger partial charge on any atom is 0.217 e. The van der Waals surface area contributed by atoms with Crippen LogP contribution in [-0.4, -0.2) is 22.4 Å². The molecule has 0 aliphatic rings. The van der Waals surface area contributed by atoms with Crippen molar-refractivity contribution in [3.05, 3.63) is 16.1 Å². The number of rotatable bonds is 4. The summed E-state index contributed by atoms with van der Waals surface area (Å²) in [6.07, 6.45) is 1.41. The quantitative estimate of drug-likeness (QED) is 0.627. The maximum atomic E-state index is 11.2. The van der Waals surface area contributed by atoms with Gasteiger partial charge in [-0.05, 0) is 22.6 Å². The first-order chi connectivity index (χ1) is 6.59. The lowest BCUT2D eigenvalue weighted by Crippen LogP contribution is -2.17. The molecule has 0 aliphatic heterocycles. The Labute approximate surface area is 96.2 Å². The van der Waals surface area contributed by atoms with Crippen molar-refractivity contribution in [2.24, 2.45) is 5.92 Å². The Morgan fingerprint density at radius 1 is 1.57 bits per heavy atom. The average Bonchev–Trinajstić information content (AvgIpc) is 2.14. The molecule has 76 valence electrons. The van der Waals surface area contributed by atoms with E-state index >= 15 is 0 Å². The Kier molecular flexibility index (Phi) is 4.24. The molecule has 14 heavy (non-hydrogen) atoms. The lowest BCUT2D eigenvalue weighted by Gasteiger charge is -2.05. The summed E-state index contributed by atoms with van der Waals surface area (Å²) < 4.78 is 6.00. The van der Waals surface area contributed by atoms with E-state index in [4.69, 9.17) is 4.74 Å². The number of halogens is 1. The number of ketones is 1. The lowest BCUT2D eigenvalue weighted by molar-refractivity contribution is -0.123. The summed E-state index contributed by atoms with van der Waals surface area (Å²) >= 11 is 2.06. The van der Waals surface area contributed by atoms with Gasteiger partial charge < -0.3 is 4.74 Å². The van der Waals surface area contributed by atoms with Gasteiger partial charge in [0, 0.05) is 12.0 Å². The van der Waals surface area contributed by atoms with Crippen molar-refractivity contribution >= 4 is 28.4 Å². The Balaban J connectivity index is 2.50. The highest BCUT2D eigenvalue weighted by molar-refractivity contribution is 14.1. The zero-order chi connectivity index (χ0) is 10.6. The van der Waals surface area contributed by atoms with E-state index in [9.17, 15) is 4.79 Å². The monoisotopic (exact) mass is 306 g/mol. The summed E-state index contributed by atoms with van der Waals surface area (Å²) in [6, 6.07) is 1.69. The second kappa shape index (κ2) is 5.23. The second-order valence-corrected chi connectivity index (χ2v) is 4.19. The molecule has 0 amide bonds. The molecule has 0 spiro atoms. The van der Waals surface area contributed by atoms with Crippen molar-refractivity contribution in [3.8, 4) is 5.88 Å². The van der Waals surface area contributed by atoms with Gasteiger partial charge in [-0.2, -0.15) is 0 Å². The minimum Gasteiger partial charge on any atom is -0.470 e. The Morgan fingerprint density at radius 2 is 2.29 bits per heavy atom.